The fourth-order valence-electron chi connectivity index (χ4n) is 2.63. The summed E-state index contributed by atoms with van der Waals surface area (Å²) >= 11 is 0. The van der Waals surface area contributed by atoms with Crippen LogP contribution in [0.2, 0.25) is 0 Å². The van der Waals surface area contributed by atoms with Gasteiger partial charge in [-0.1, -0.05) is 26.8 Å². The summed E-state index contributed by atoms with van der Waals surface area (Å²) < 4.78 is 19.4. The van der Waals surface area contributed by atoms with Gasteiger partial charge in [-0.3, -0.25) is 8.89 Å². The first-order valence-corrected chi connectivity index (χ1v) is 9.18. The van der Waals surface area contributed by atoms with Gasteiger partial charge in [-0.15, -0.1) is 0 Å². The highest BCUT2D eigenvalue weighted by Crippen LogP contribution is 2.37. The highest BCUT2D eigenvalue weighted by Gasteiger charge is 2.24. The predicted octanol–water partition coefficient (Wildman–Crippen LogP) is 2.73. The van der Waals surface area contributed by atoms with Crippen LogP contribution in [-0.4, -0.2) is 33.2 Å². The molecule has 116 valence electrons. The van der Waals surface area contributed by atoms with Crippen molar-refractivity contribution >= 4 is 26.3 Å². The van der Waals surface area contributed by atoms with E-state index in [2.05, 4.69) is 37.8 Å². The van der Waals surface area contributed by atoms with Gasteiger partial charge >= 0.3 is 0 Å². The molecule has 2 rings (SSSR count). The molecule has 1 aromatic heterocycles. The first-order valence-electron chi connectivity index (χ1n) is 6.87. The van der Waals surface area contributed by atoms with Gasteiger partial charge in [0.15, 0.2) is 0 Å². The van der Waals surface area contributed by atoms with Crippen molar-refractivity contribution in [1.29, 1.82) is 0 Å². The smallest absolute Gasteiger partial charge is 0.130 e. The van der Waals surface area contributed by atoms with Crippen molar-refractivity contribution in [1.82, 2.24) is 9.78 Å². The highest BCUT2D eigenvalue weighted by atomic mass is 32.2. The lowest BCUT2D eigenvalue weighted by Gasteiger charge is -2.21. The number of ether oxygens (including phenoxy) is 1. The molecule has 1 aromatic carbocycles. The van der Waals surface area contributed by atoms with E-state index in [1.807, 2.05) is 17.8 Å². The van der Waals surface area contributed by atoms with E-state index in [-0.39, 0.29) is 5.41 Å². The zero-order valence-electron chi connectivity index (χ0n) is 13.7. The molecule has 0 aliphatic heterocycles. The van der Waals surface area contributed by atoms with Crippen molar-refractivity contribution in [3.05, 3.63) is 23.4 Å². The minimum absolute atomic E-state index is 0.00628. The minimum Gasteiger partial charge on any atom is -0.496 e. The van der Waals surface area contributed by atoms with Crippen molar-refractivity contribution < 1.29 is 8.95 Å². The van der Waals surface area contributed by atoms with Crippen LogP contribution in [0.4, 0.5) is 0 Å². The van der Waals surface area contributed by atoms with Gasteiger partial charge in [-0.25, -0.2) is 0 Å². The number of hydrogen-bond acceptors (Lipinski definition) is 3. The van der Waals surface area contributed by atoms with E-state index in [4.69, 9.17) is 4.74 Å². The standard InChI is InChI=1S/C16H24N2O2S/c1-16(2,3)11-8-9-13(20-5)14-12(10-21(6,7)19)17-18(4)15(11)14/h8-9H,6,10H2,1-5,7H3. The van der Waals surface area contributed by atoms with Gasteiger partial charge in [0, 0.05) is 13.3 Å². The van der Waals surface area contributed by atoms with Gasteiger partial charge in [0.2, 0.25) is 0 Å². The van der Waals surface area contributed by atoms with Gasteiger partial charge in [-0.2, -0.15) is 5.10 Å². The van der Waals surface area contributed by atoms with E-state index in [9.17, 15) is 4.21 Å². The fraction of sp³-hybridized carbons (Fsp3) is 0.500. The van der Waals surface area contributed by atoms with Gasteiger partial charge < -0.3 is 4.74 Å². The Balaban J connectivity index is 2.86. The molecule has 0 N–H and O–H groups in total. The molecule has 5 heteroatoms. The second-order valence-electron chi connectivity index (χ2n) is 6.69. The Labute approximate surface area is 127 Å². The van der Waals surface area contributed by atoms with Crippen LogP contribution >= 0.6 is 0 Å². The lowest BCUT2D eigenvalue weighted by molar-refractivity contribution is 0.419. The zero-order valence-corrected chi connectivity index (χ0v) is 14.5. The van der Waals surface area contributed by atoms with Crippen LogP contribution in [0, 0.1) is 0 Å². The second kappa shape index (κ2) is 5.05. The largest absolute Gasteiger partial charge is 0.496 e. The molecule has 0 aliphatic carbocycles. The maximum absolute atomic E-state index is 12.1. The maximum Gasteiger partial charge on any atom is 0.130 e. The van der Waals surface area contributed by atoms with E-state index in [1.54, 1.807) is 13.4 Å². The third-order valence-corrected chi connectivity index (χ3v) is 4.38. The van der Waals surface area contributed by atoms with E-state index < -0.39 is 9.52 Å². The molecule has 0 aliphatic rings. The van der Waals surface area contributed by atoms with Crippen LogP contribution in [0.1, 0.15) is 32.0 Å². The summed E-state index contributed by atoms with van der Waals surface area (Å²) in [5.74, 6) is 4.87. The molecular weight excluding hydrogens is 284 g/mol. The first-order chi connectivity index (χ1) is 9.54. The molecule has 4 nitrogen and oxygen atoms in total. The molecule has 0 saturated heterocycles. The van der Waals surface area contributed by atoms with E-state index in [1.165, 1.54) is 5.56 Å². The van der Waals surface area contributed by atoms with Crippen molar-refractivity contribution in [2.45, 2.75) is 31.9 Å². The number of fused-ring (bicyclic) bond motifs is 1. The average Bonchev–Trinajstić information content (AvgIpc) is 2.62. The Morgan fingerprint density at radius 2 is 2.00 bits per heavy atom. The molecular formula is C16H24N2O2S. The van der Waals surface area contributed by atoms with Crippen LogP contribution in [-0.2, 0) is 27.7 Å². The minimum atomic E-state index is -2.16. The normalized spacial score (nSPS) is 15.1. The summed E-state index contributed by atoms with van der Waals surface area (Å²) in [6, 6.07) is 4.05. The van der Waals surface area contributed by atoms with Gasteiger partial charge in [0.05, 0.1) is 29.5 Å². The molecule has 0 spiro atoms. The second-order valence-corrected chi connectivity index (χ2v) is 9.34. The monoisotopic (exact) mass is 308 g/mol. The van der Waals surface area contributed by atoms with E-state index in [0.717, 1.165) is 22.3 Å². The summed E-state index contributed by atoms with van der Waals surface area (Å²) in [6.45, 7) is 6.52. The Morgan fingerprint density at radius 1 is 1.38 bits per heavy atom. The Hall–Kier alpha value is -1.49. The van der Waals surface area contributed by atoms with Gasteiger partial charge in [0.1, 0.15) is 5.75 Å². The van der Waals surface area contributed by atoms with E-state index in [0.29, 0.717) is 5.75 Å². The topological polar surface area (TPSA) is 44.1 Å². The van der Waals surface area contributed by atoms with E-state index >= 15 is 0 Å². The zero-order chi connectivity index (χ0) is 16.0. The molecule has 0 fully saturated rings. The highest BCUT2D eigenvalue weighted by molar-refractivity contribution is 7.98. The summed E-state index contributed by atoms with van der Waals surface area (Å²) in [4.78, 5) is 0. The van der Waals surface area contributed by atoms with Crippen LogP contribution in [0.15, 0.2) is 12.1 Å². The summed E-state index contributed by atoms with van der Waals surface area (Å²) in [5, 5.41) is 5.53. The lowest BCUT2D eigenvalue weighted by atomic mass is 9.85. The van der Waals surface area contributed by atoms with Crippen molar-refractivity contribution in [3.8, 4) is 5.75 Å². The first kappa shape index (κ1) is 15.9. The van der Waals surface area contributed by atoms with Crippen LogP contribution in [0.5, 0.6) is 5.75 Å². The predicted molar refractivity (Wildman–Crippen MR) is 90.9 cm³/mol. The SMILES string of the molecule is C=S(C)(=O)Cc1nn(C)c2c(C(C)(C)C)ccc(OC)c12. The van der Waals surface area contributed by atoms with Crippen LogP contribution in [0.3, 0.4) is 0 Å². The number of benzene rings is 1. The van der Waals surface area contributed by atoms with Crippen LogP contribution in [0.25, 0.3) is 10.9 Å². The van der Waals surface area contributed by atoms with Crippen molar-refractivity contribution in [2.75, 3.05) is 13.4 Å². The molecule has 0 saturated carbocycles. The number of hydrogen-bond donors (Lipinski definition) is 0. The number of aryl methyl sites for hydroxylation is 1. The Bertz CT molecular complexity index is 781. The molecule has 1 unspecified atom stereocenters. The lowest BCUT2D eigenvalue weighted by Crippen LogP contribution is -2.13. The van der Waals surface area contributed by atoms with Gasteiger partial charge in [-0.05, 0) is 32.4 Å². The van der Waals surface area contributed by atoms with Crippen molar-refractivity contribution in [3.63, 3.8) is 0 Å². The summed E-state index contributed by atoms with van der Waals surface area (Å²) in [7, 11) is 1.41. The molecule has 2 aromatic rings. The summed E-state index contributed by atoms with van der Waals surface area (Å²) in [6.07, 6.45) is 1.66. The third-order valence-electron chi connectivity index (χ3n) is 3.49. The molecule has 0 radical (unpaired) electrons. The Morgan fingerprint density at radius 3 is 2.48 bits per heavy atom. The molecule has 21 heavy (non-hydrogen) atoms. The Kier molecular flexibility index (Phi) is 3.82. The molecule has 1 atom stereocenters. The molecule has 0 amide bonds. The van der Waals surface area contributed by atoms with Crippen molar-refractivity contribution in [2.24, 2.45) is 7.05 Å². The number of methoxy groups -OCH3 is 1. The van der Waals surface area contributed by atoms with Gasteiger partial charge in [0.25, 0.3) is 0 Å². The third kappa shape index (κ3) is 3.07. The number of aromatic nitrogens is 2. The quantitative estimate of drug-likeness (QED) is 0.819. The fourth-order valence-corrected chi connectivity index (χ4v) is 3.41. The molecule has 0 bridgehead atoms. The summed E-state index contributed by atoms with van der Waals surface area (Å²) in [5.41, 5.74) is 3.03. The number of nitrogens with zero attached hydrogens (tertiary/aromatic N) is 2. The van der Waals surface area contributed by atoms with Crippen LogP contribution < -0.4 is 4.74 Å². The molecule has 1 heterocycles. The average molecular weight is 308 g/mol. The number of rotatable bonds is 3. The maximum atomic E-state index is 12.1.